The second-order valence-corrected chi connectivity index (χ2v) is 5.24. The van der Waals surface area contributed by atoms with Gasteiger partial charge in [0.2, 0.25) is 0 Å². The molecule has 18 heavy (non-hydrogen) atoms. The Balaban J connectivity index is 2.08. The zero-order chi connectivity index (χ0) is 13.1. The summed E-state index contributed by atoms with van der Waals surface area (Å²) in [6.45, 7) is 3.89. The van der Waals surface area contributed by atoms with Crippen LogP contribution in [0.1, 0.15) is 33.2 Å². The maximum absolute atomic E-state index is 12.0. The largest absolute Gasteiger partial charge is 0.384 e. The highest BCUT2D eigenvalue weighted by atomic mass is 32.1. The van der Waals surface area contributed by atoms with Crippen LogP contribution in [0.2, 0.25) is 0 Å². The second kappa shape index (κ2) is 5.14. The number of thiazole rings is 1. The lowest BCUT2D eigenvalue weighted by Gasteiger charge is -2.11. The van der Waals surface area contributed by atoms with Crippen LogP contribution in [-0.4, -0.2) is 15.9 Å². The smallest absolute Gasteiger partial charge is 0.252 e. The van der Waals surface area contributed by atoms with Crippen molar-refractivity contribution in [3.8, 4) is 0 Å². The normalized spacial score (nSPS) is 12.1. The zero-order valence-corrected chi connectivity index (χ0v) is 11.0. The average molecular weight is 262 g/mol. The van der Waals surface area contributed by atoms with E-state index in [1.807, 2.05) is 13.8 Å². The quantitative estimate of drug-likeness (QED) is 0.885. The van der Waals surface area contributed by atoms with Crippen LogP contribution < -0.4 is 11.1 Å². The van der Waals surface area contributed by atoms with Gasteiger partial charge in [0.15, 0.2) is 0 Å². The highest BCUT2D eigenvalue weighted by Crippen LogP contribution is 2.19. The minimum atomic E-state index is -0.176. The third-order valence-corrected chi connectivity index (χ3v) is 3.50. The molecule has 2 heterocycles. The molecule has 0 saturated carbocycles. The Kier molecular flexibility index (Phi) is 3.57. The van der Waals surface area contributed by atoms with E-state index in [0.717, 1.165) is 9.88 Å². The number of nitrogens with one attached hydrogen (secondary N) is 1. The molecule has 5 nitrogen and oxygen atoms in total. The number of carbonyl (C=O) groups is 1. The van der Waals surface area contributed by atoms with Crippen molar-refractivity contribution in [2.24, 2.45) is 0 Å². The number of aryl methyl sites for hydroxylation is 1. The van der Waals surface area contributed by atoms with Crippen LogP contribution in [0.15, 0.2) is 24.5 Å². The number of nitrogens with two attached hydrogens (primary N) is 1. The van der Waals surface area contributed by atoms with Gasteiger partial charge < -0.3 is 11.1 Å². The Hall–Kier alpha value is -1.95. The summed E-state index contributed by atoms with van der Waals surface area (Å²) in [7, 11) is 0. The monoisotopic (exact) mass is 262 g/mol. The number of anilines is 1. The number of aromatic nitrogens is 2. The van der Waals surface area contributed by atoms with Crippen LogP contribution in [-0.2, 0) is 0 Å². The lowest BCUT2D eigenvalue weighted by Crippen LogP contribution is -2.26. The minimum Gasteiger partial charge on any atom is -0.384 e. The summed E-state index contributed by atoms with van der Waals surface area (Å²) in [5, 5.41) is 3.77. The molecule has 0 spiro atoms. The first-order valence-electron chi connectivity index (χ1n) is 5.51. The molecule has 2 aromatic heterocycles. The number of rotatable bonds is 3. The van der Waals surface area contributed by atoms with E-state index < -0.39 is 0 Å². The summed E-state index contributed by atoms with van der Waals surface area (Å²) < 4.78 is 0. The van der Waals surface area contributed by atoms with E-state index in [1.54, 1.807) is 29.7 Å². The summed E-state index contributed by atoms with van der Waals surface area (Å²) >= 11 is 1.57. The molecule has 3 N–H and O–H groups in total. The van der Waals surface area contributed by atoms with Gasteiger partial charge in [-0.05, 0) is 26.0 Å². The van der Waals surface area contributed by atoms with Crippen molar-refractivity contribution >= 4 is 23.1 Å². The number of hydrogen-bond acceptors (Lipinski definition) is 5. The SMILES string of the molecule is Cc1cnc(C(C)NC(=O)c2ccnc(N)c2)s1. The van der Waals surface area contributed by atoms with Gasteiger partial charge in [0, 0.05) is 22.8 Å². The number of pyridine rings is 1. The van der Waals surface area contributed by atoms with Gasteiger partial charge in [0.1, 0.15) is 10.8 Å². The Morgan fingerprint density at radius 2 is 2.28 bits per heavy atom. The highest BCUT2D eigenvalue weighted by Gasteiger charge is 2.14. The first-order valence-corrected chi connectivity index (χ1v) is 6.32. The fraction of sp³-hybridized carbons (Fsp3) is 0.250. The summed E-state index contributed by atoms with van der Waals surface area (Å²) in [5.74, 6) is 0.157. The Bertz CT molecular complexity index is 567. The number of amides is 1. The van der Waals surface area contributed by atoms with Crippen LogP contribution >= 0.6 is 11.3 Å². The van der Waals surface area contributed by atoms with E-state index in [9.17, 15) is 4.79 Å². The van der Waals surface area contributed by atoms with E-state index in [1.165, 1.54) is 6.20 Å². The number of nitrogen functional groups attached to an aromatic ring is 1. The van der Waals surface area contributed by atoms with Crippen LogP contribution in [0.25, 0.3) is 0 Å². The maximum Gasteiger partial charge on any atom is 0.252 e. The molecular formula is C12H14N4OS. The van der Waals surface area contributed by atoms with Gasteiger partial charge in [-0.15, -0.1) is 11.3 Å². The average Bonchev–Trinajstić information content (AvgIpc) is 2.76. The highest BCUT2D eigenvalue weighted by molar-refractivity contribution is 7.11. The molecular weight excluding hydrogens is 248 g/mol. The molecule has 0 bridgehead atoms. The van der Waals surface area contributed by atoms with Crippen LogP contribution in [0, 0.1) is 6.92 Å². The van der Waals surface area contributed by atoms with Crippen LogP contribution in [0.4, 0.5) is 5.82 Å². The van der Waals surface area contributed by atoms with Gasteiger partial charge in [-0.2, -0.15) is 0 Å². The van der Waals surface area contributed by atoms with Crippen molar-refractivity contribution in [1.82, 2.24) is 15.3 Å². The van der Waals surface area contributed by atoms with Gasteiger partial charge in [-0.25, -0.2) is 9.97 Å². The topological polar surface area (TPSA) is 80.9 Å². The Morgan fingerprint density at radius 3 is 2.89 bits per heavy atom. The summed E-state index contributed by atoms with van der Waals surface area (Å²) in [5.41, 5.74) is 6.04. The van der Waals surface area contributed by atoms with Crippen molar-refractivity contribution < 1.29 is 4.79 Å². The molecule has 0 fully saturated rings. The fourth-order valence-electron chi connectivity index (χ4n) is 1.50. The summed E-state index contributed by atoms with van der Waals surface area (Å²) in [6.07, 6.45) is 3.32. The van der Waals surface area contributed by atoms with Crippen LogP contribution in [0.5, 0.6) is 0 Å². The van der Waals surface area contributed by atoms with Gasteiger partial charge in [-0.1, -0.05) is 0 Å². The Morgan fingerprint density at radius 1 is 1.50 bits per heavy atom. The zero-order valence-electron chi connectivity index (χ0n) is 10.2. The minimum absolute atomic E-state index is 0.120. The maximum atomic E-state index is 12.0. The van der Waals surface area contributed by atoms with E-state index in [0.29, 0.717) is 11.4 Å². The van der Waals surface area contributed by atoms with Gasteiger partial charge in [0.05, 0.1) is 6.04 Å². The van der Waals surface area contributed by atoms with Crippen molar-refractivity contribution in [2.75, 3.05) is 5.73 Å². The van der Waals surface area contributed by atoms with Crippen molar-refractivity contribution in [1.29, 1.82) is 0 Å². The molecule has 0 aliphatic rings. The van der Waals surface area contributed by atoms with Crippen molar-refractivity contribution in [2.45, 2.75) is 19.9 Å². The molecule has 2 rings (SSSR count). The fourth-order valence-corrected chi connectivity index (χ4v) is 2.28. The second-order valence-electron chi connectivity index (χ2n) is 3.97. The first-order chi connectivity index (χ1) is 8.56. The van der Waals surface area contributed by atoms with E-state index in [2.05, 4.69) is 15.3 Å². The molecule has 0 radical (unpaired) electrons. The number of carbonyl (C=O) groups excluding carboxylic acids is 1. The molecule has 6 heteroatoms. The third kappa shape index (κ3) is 2.84. The molecule has 2 aromatic rings. The molecule has 0 aromatic carbocycles. The lowest BCUT2D eigenvalue weighted by molar-refractivity contribution is 0.0940. The molecule has 94 valence electrons. The van der Waals surface area contributed by atoms with Crippen LogP contribution in [0.3, 0.4) is 0 Å². The summed E-state index contributed by atoms with van der Waals surface area (Å²) in [4.78, 5) is 21.2. The van der Waals surface area contributed by atoms with Crippen molar-refractivity contribution in [3.63, 3.8) is 0 Å². The predicted molar refractivity (Wildman–Crippen MR) is 71.4 cm³/mol. The van der Waals surface area contributed by atoms with Crippen molar-refractivity contribution in [3.05, 3.63) is 40.0 Å². The van der Waals surface area contributed by atoms with Gasteiger partial charge in [-0.3, -0.25) is 4.79 Å². The van der Waals surface area contributed by atoms with Gasteiger partial charge >= 0.3 is 0 Å². The standard InChI is InChI=1S/C12H14N4OS/c1-7-6-15-12(18-7)8(2)16-11(17)9-3-4-14-10(13)5-9/h3-6,8H,1-2H3,(H2,13,14)(H,16,17). The number of hydrogen-bond donors (Lipinski definition) is 2. The van der Waals surface area contributed by atoms with E-state index in [4.69, 9.17) is 5.73 Å². The molecule has 1 atom stereocenters. The molecule has 0 aliphatic heterocycles. The molecule has 0 aliphatic carbocycles. The first kappa shape index (κ1) is 12.5. The Labute approximate surface area is 109 Å². The third-order valence-electron chi connectivity index (χ3n) is 2.40. The van der Waals surface area contributed by atoms with Gasteiger partial charge in [0.25, 0.3) is 5.91 Å². The molecule has 1 amide bonds. The molecule has 1 unspecified atom stereocenters. The number of nitrogens with zero attached hydrogens (tertiary/aromatic N) is 2. The molecule has 0 saturated heterocycles. The van der Waals surface area contributed by atoms with E-state index in [-0.39, 0.29) is 11.9 Å². The predicted octanol–water partition coefficient (Wildman–Crippen LogP) is 1.92. The summed E-state index contributed by atoms with van der Waals surface area (Å²) in [6, 6.07) is 3.06. The van der Waals surface area contributed by atoms with E-state index >= 15 is 0 Å². The lowest BCUT2D eigenvalue weighted by atomic mass is 10.2.